The van der Waals surface area contributed by atoms with Gasteiger partial charge in [0.25, 0.3) is 0 Å². The maximum atomic E-state index is 10.0. The third-order valence-electron chi connectivity index (χ3n) is 3.75. The lowest BCUT2D eigenvalue weighted by Gasteiger charge is -2.24. The molecule has 1 amide bonds. The van der Waals surface area contributed by atoms with Crippen LogP contribution in [0, 0.1) is 0 Å². The molecular formula is C19H33N3O4. The minimum absolute atomic E-state index is 0.390. The summed E-state index contributed by atoms with van der Waals surface area (Å²) in [6.07, 6.45) is 8.29. The van der Waals surface area contributed by atoms with Gasteiger partial charge in [0.15, 0.2) is 0 Å². The first-order chi connectivity index (χ1) is 12.7. The van der Waals surface area contributed by atoms with Gasteiger partial charge in [-0.2, -0.15) is 0 Å². The van der Waals surface area contributed by atoms with Crippen LogP contribution in [0.2, 0.25) is 0 Å². The first-order valence-corrected chi connectivity index (χ1v) is 9.27. The molecule has 1 aliphatic heterocycles. The van der Waals surface area contributed by atoms with Crippen molar-refractivity contribution in [2.24, 2.45) is 4.99 Å². The van der Waals surface area contributed by atoms with Crippen molar-refractivity contribution in [1.29, 1.82) is 0 Å². The van der Waals surface area contributed by atoms with E-state index in [2.05, 4.69) is 22.2 Å². The predicted octanol–water partition coefficient (Wildman–Crippen LogP) is 1.80. The molecule has 26 heavy (non-hydrogen) atoms. The van der Waals surface area contributed by atoms with E-state index >= 15 is 0 Å². The lowest BCUT2D eigenvalue weighted by molar-refractivity contribution is -0.109. The topological polar surface area (TPSA) is 81.2 Å². The van der Waals surface area contributed by atoms with Gasteiger partial charge in [-0.05, 0) is 38.2 Å². The molecule has 1 fully saturated rings. The molecule has 0 saturated carbocycles. The molecule has 0 radical (unpaired) electrons. The van der Waals surface area contributed by atoms with Gasteiger partial charge in [0, 0.05) is 43.9 Å². The van der Waals surface area contributed by atoms with Crippen LogP contribution < -0.4 is 10.6 Å². The van der Waals surface area contributed by atoms with Gasteiger partial charge in [0.05, 0.1) is 26.4 Å². The predicted molar refractivity (Wildman–Crippen MR) is 103 cm³/mol. The lowest BCUT2D eigenvalue weighted by atomic mass is 10.1. The Morgan fingerprint density at radius 2 is 2.12 bits per heavy atom. The van der Waals surface area contributed by atoms with Crippen molar-refractivity contribution < 1.29 is 19.0 Å². The second-order valence-corrected chi connectivity index (χ2v) is 6.21. The Labute approximate surface area is 156 Å². The molecule has 1 rings (SSSR count). The lowest BCUT2D eigenvalue weighted by Crippen LogP contribution is -2.35. The van der Waals surface area contributed by atoms with Gasteiger partial charge in [-0.3, -0.25) is 9.79 Å². The number of amides is 1. The van der Waals surface area contributed by atoms with Gasteiger partial charge < -0.3 is 24.8 Å². The number of hydrogen-bond donors (Lipinski definition) is 2. The molecule has 0 aliphatic carbocycles. The second-order valence-electron chi connectivity index (χ2n) is 6.21. The SMILES string of the molecule is C=C(C=N/C=C(\C)NC1CCCOC1)CCCOCCOCCNC=O. The van der Waals surface area contributed by atoms with Gasteiger partial charge >= 0.3 is 0 Å². The molecule has 1 unspecified atom stereocenters. The van der Waals surface area contributed by atoms with Gasteiger partial charge in [-0.1, -0.05) is 6.58 Å². The van der Waals surface area contributed by atoms with Crippen LogP contribution in [0.3, 0.4) is 0 Å². The van der Waals surface area contributed by atoms with E-state index in [0.717, 1.165) is 50.2 Å². The van der Waals surface area contributed by atoms with Crippen LogP contribution in [-0.4, -0.2) is 64.9 Å². The van der Waals surface area contributed by atoms with Crippen molar-refractivity contribution in [3.05, 3.63) is 24.0 Å². The molecule has 0 aromatic heterocycles. The number of aliphatic imine (C=N–C) groups is 1. The molecule has 2 N–H and O–H groups in total. The molecule has 7 nitrogen and oxygen atoms in total. The van der Waals surface area contributed by atoms with Crippen LogP contribution in [-0.2, 0) is 19.0 Å². The van der Waals surface area contributed by atoms with Gasteiger partial charge in [-0.15, -0.1) is 0 Å². The fourth-order valence-corrected chi connectivity index (χ4v) is 2.45. The highest BCUT2D eigenvalue weighted by molar-refractivity contribution is 5.77. The number of rotatable bonds is 15. The minimum Gasteiger partial charge on any atom is -0.382 e. The highest BCUT2D eigenvalue weighted by atomic mass is 16.5. The Morgan fingerprint density at radius 3 is 2.85 bits per heavy atom. The molecule has 1 atom stereocenters. The molecule has 0 bridgehead atoms. The van der Waals surface area contributed by atoms with Gasteiger partial charge in [0.2, 0.25) is 6.41 Å². The number of allylic oxidation sites excluding steroid dienone is 2. The third-order valence-corrected chi connectivity index (χ3v) is 3.75. The summed E-state index contributed by atoms with van der Waals surface area (Å²) >= 11 is 0. The number of ether oxygens (including phenoxy) is 3. The van der Waals surface area contributed by atoms with E-state index in [-0.39, 0.29) is 0 Å². The smallest absolute Gasteiger partial charge is 0.207 e. The number of carbonyl (C=O) groups excluding carboxylic acids is 1. The Balaban J connectivity index is 1.98. The summed E-state index contributed by atoms with van der Waals surface area (Å²) in [6, 6.07) is 0.390. The van der Waals surface area contributed by atoms with Crippen molar-refractivity contribution in [2.45, 2.75) is 38.6 Å². The van der Waals surface area contributed by atoms with E-state index in [0.29, 0.717) is 45.4 Å². The molecular weight excluding hydrogens is 334 g/mol. The highest BCUT2D eigenvalue weighted by Crippen LogP contribution is 2.07. The van der Waals surface area contributed by atoms with Crippen LogP contribution in [0.4, 0.5) is 0 Å². The van der Waals surface area contributed by atoms with E-state index < -0.39 is 0 Å². The van der Waals surface area contributed by atoms with Gasteiger partial charge in [0.1, 0.15) is 0 Å². The Morgan fingerprint density at radius 1 is 1.31 bits per heavy atom. The summed E-state index contributed by atoms with van der Waals surface area (Å²) in [4.78, 5) is 14.3. The maximum absolute atomic E-state index is 10.0. The molecule has 0 aromatic rings. The molecule has 1 heterocycles. The summed E-state index contributed by atoms with van der Waals surface area (Å²) < 4.78 is 16.2. The van der Waals surface area contributed by atoms with Crippen molar-refractivity contribution in [3.63, 3.8) is 0 Å². The molecule has 1 aliphatic rings. The van der Waals surface area contributed by atoms with E-state index in [1.54, 1.807) is 6.21 Å². The monoisotopic (exact) mass is 367 g/mol. The van der Waals surface area contributed by atoms with E-state index in [1.807, 2.05) is 13.1 Å². The molecule has 1 saturated heterocycles. The number of hydrogen-bond acceptors (Lipinski definition) is 6. The molecule has 0 spiro atoms. The summed E-state index contributed by atoms with van der Waals surface area (Å²) in [7, 11) is 0. The van der Waals surface area contributed by atoms with Crippen LogP contribution >= 0.6 is 0 Å². The average molecular weight is 367 g/mol. The van der Waals surface area contributed by atoms with Crippen LogP contribution in [0.25, 0.3) is 0 Å². The zero-order valence-electron chi connectivity index (χ0n) is 15.9. The summed E-state index contributed by atoms with van der Waals surface area (Å²) in [5.41, 5.74) is 2.02. The number of nitrogens with one attached hydrogen (secondary N) is 2. The van der Waals surface area contributed by atoms with Crippen molar-refractivity contribution >= 4 is 12.6 Å². The fraction of sp³-hybridized carbons (Fsp3) is 0.684. The number of carbonyl (C=O) groups is 1. The van der Waals surface area contributed by atoms with E-state index in [1.165, 1.54) is 0 Å². The Bertz CT molecular complexity index is 446. The third kappa shape index (κ3) is 12.6. The number of nitrogens with zero attached hydrogens (tertiary/aromatic N) is 1. The average Bonchev–Trinajstić information content (AvgIpc) is 2.64. The van der Waals surface area contributed by atoms with Crippen LogP contribution in [0.1, 0.15) is 32.6 Å². The van der Waals surface area contributed by atoms with Crippen molar-refractivity contribution in [1.82, 2.24) is 10.6 Å². The minimum atomic E-state index is 0.390. The van der Waals surface area contributed by atoms with Crippen molar-refractivity contribution in [3.8, 4) is 0 Å². The van der Waals surface area contributed by atoms with Gasteiger partial charge in [-0.25, -0.2) is 0 Å². The maximum Gasteiger partial charge on any atom is 0.207 e. The molecule has 148 valence electrons. The first-order valence-electron chi connectivity index (χ1n) is 9.27. The Kier molecular flexibility index (Phi) is 13.4. The zero-order valence-corrected chi connectivity index (χ0v) is 15.9. The van der Waals surface area contributed by atoms with E-state index in [4.69, 9.17) is 14.2 Å². The van der Waals surface area contributed by atoms with Crippen LogP contribution in [0.5, 0.6) is 0 Å². The Hall–Kier alpha value is -1.70. The standard InChI is InChI=1S/C19H33N3O4/c1-17(5-3-8-24-11-12-25-10-7-20-16-23)13-21-14-18(2)22-19-6-4-9-26-15-19/h13-14,16,19,22H,1,3-12,15H2,2H3,(H,20,23)/b18-14+,21-13?. The highest BCUT2D eigenvalue weighted by Gasteiger charge is 2.12. The fourth-order valence-electron chi connectivity index (χ4n) is 2.45. The van der Waals surface area contributed by atoms with E-state index in [9.17, 15) is 4.79 Å². The summed E-state index contributed by atoms with van der Waals surface area (Å²) in [5, 5.41) is 5.95. The normalized spacial score (nSPS) is 18.0. The summed E-state index contributed by atoms with van der Waals surface area (Å²) in [5.74, 6) is 0. The molecule has 7 heteroatoms. The second kappa shape index (κ2) is 15.5. The van der Waals surface area contributed by atoms with Crippen molar-refractivity contribution in [2.75, 3.05) is 46.2 Å². The quantitative estimate of drug-likeness (QED) is 0.262. The molecule has 0 aromatic carbocycles. The zero-order chi connectivity index (χ0) is 18.9. The largest absolute Gasteiger partial charge is 0.382 e. The summed E-state index contributed by atoms with van der Waals surface area (Å²) in [6.45, 7) is 10.4. The van der Waals surface area contributed by atoms with Crippen LogP contribution in [0.15, 0.2) is 29.0 Å². The first kappa shape index (κ1) is 22.3.